The second-order valence-electron chi connectivity index (χ2n) is 5.96. The maximum absolute atomic E-state index is 5.92. The van der Waals surface area contributed by atoms with Crippen LogP contribution in [0.5, 0.6) is 0 Å². The van der Waals surface area contributed by atoms with Crippen molar-refractivity contribution in [3.63, 3.8) is 0 Å². The molecule has 2 aromatic rings. The van der Waals surface area contributed by atoms with Gasteiger partial charge in [0.25, 0.3) is 0 Å². The van der Waals surface area contributed by atoms with E-state index in [2.05, 4.69) is 29.2 Å². The van der Waals surface area contributed by atoms with Gasteiger partial charge in [-0.05, 0) is 30.2 Å². The van der Waals surface area contributed by atoms with E-state index in [1.165, 1.54) is 30.0 Å². The molecule has 1 aromatic carbocycles. The minimum atomic E-state index is 0.383. The van der Waals surface area contributed by atoms with Gasteiger partial charge in [-0.3, -0.25) is 0 Å². The first-order chi connectivity index (χ1) is 10.4. The number of anilines is 1. The summed E-state index contributed by atoms with van der Waals surface area (Å²) in [4.78, 5) is 7.21. The molecule has 110 valence electrons. The van der Waals surface area contributed by atoms with Crippen LogP contribution in [-0.4, -0.2) is 30.3 Å². The number of pyridine rings is 1. The minimum Gasteiger partial charge on any atom is -0.374 e. The highest BCUT2D eigenvalue weighted by molar-refractivity contribution is 5.94. The first-order valence-corrected chi connectivity index (χ1v) is 7.83. The number of nitrogens with zero attached hydrogens (tertiary/aromatic N) is 2. The van der Waals surface area contributed by atoms with Crippen LogP contribution in [0.2, 0.25) is 0 Å². The highest BCUT2D eigenvalue weighted by atomic mass is 16.5. The summed E-state index contributed by atoms with van der Waals surface area (Å²) < 4.78 is 5.92. The van der Waals surface area contributed by atoms with E-state index < -0.39 is 0 Å². The van der Waals surface area contributed by atoms with Crippen LogP contribution in [0.4, 0.5) is 5.82 Å². The molecule has 2 atom stereocenters. The van der Waals surface area contributed by atoms with E-state index in [1.54, 1.807) is 0 Å². The molecule has 2 fully saturated rings. The van der Waals surface area contributed by atoms with Crippen LogP contribution in [-0.2, 0) is 11.3 Å². The first-order valence-electron chi connectivity index (χ1n) is 7.83. The smallest absolute Gasteiger partial charge is 0.136 e. The van der Waals surface area contributed by atoms with Crippen LogP contribution in [0.15, 0.2) is 30.5 Å². The van der Waals surface area contributed by atoms with Crippen molar-refractivity contribution in [1.29, 1.82) is 0 Å². The summed E-state index contributed by atoms with van der Waals surface area (Å²) in [6.45, 7) is 2.26. The second kappa shape index (κ2) is 5.28. The number of hydrogen-bond acceptors (Lipinski definition) is 4. The Morgan fingerprint density at radius 3 is 2.95 bits per heavy atom. The molecule has 1 saturated carbocycles. The van der Waals surface area contributed by atoms with Gasteiger partial charge in [-0.2, -0.15) is 0 Å². The Bertz CT molecular complexity index is 658. The molecule has 2 aliphatic rings. The van der Waals surface area contributed by atoms with Crippen LogP contribution in [0.3, 0.4) is 0 Å². The lowest BCUT2D eigenvalue weighted by atomic mass is 10.0. The normalized spacial score (nSPS) is 25.3. The lowest BCUT2D eigenvalue weighted by Gasteiger charge is -2.39. The van der Waals surface area contributed by atoms with Crippen molar-refractivity contribution in [2.24, 2.45) is 5.73 Å². The van der Waals surface area contributed by atoms with Crippen molar-refractivity contribution in [2.75, 3.05) is 18.1 Å². The van der Waals surface area contributed by atoms with Crippen LogP contribution < -0.4 is 10.6 Å². The van der Waals surface area contributed by atoms with Crippen LogP contribution >= 0.6 is 0 Å². The Labute approximate surface area is 124 Å². The summed E-state index contributed by atoms with van der Waals surface area (Å²) in [6.07, 6.45) is 5.97. The van der Waals surface area contributed by atoms with Crippen molar-refractivity contribution in [3.05, 3.63) is 36.0 Å². The van der Waals surface area contributed by atoms with Crippen molar-refractivity contribution >= 4 is 16.6 Å². The molecule has 0 bridgehead atoms. The van der Waals surface area contributed by atoms with Crippen molar-refractivity contribution in [3.8, 4) is 0 Å². The number of hydrogen-bond donors (Lipinski definition) is 1. The van der Waals surface area contributed by atoms with E-state index in [4.69, 9.17) is 15.5 Å². The van der Waals surface area contributed by atoms with E-state index in [9.17, 15) is 0 Å². The molecular weight excluding hydrogens is 262 g/mol. The third kappa shape index (κ3) is 2.10. The topological polar surface area (TPSA) is 51.4 Å². The number of benzene rings is 1. The lowest BCUT2D eigenvalue weighted by Crippen LogP contribution is -2.49. The van der Waals surface area contributed by atoms with Gasteiger partial charge in [-0.1, -0.05) is 24.3 Å². The van der Waals surface area contributed by atoms with E-state index in [0.717, 1.165) is 24.5 Å². The zero-order valence-corrected chi connectivity index (χ0v) is 12.2. The summed E-state index contributed by atoms with van der Waals surface area (Å²) >= 11 is 0. The molecule has 2 heterocycles. The predicted molar refractivity (Wildman–Crippen MR) is 84.4 cm³/mol. The molecule has 1 aliphatic heterocycles. The highest BCUT2D eigenvalue weighted by Crippen LogP contribution is 2.35. The number of aromatic nitrogens is 1. The summed E-state index contributed by atoms with van der Waals surface area (Å²) in [6, 6.07) is 8.95. The largest absolute Gasteiger partial charge is 0.374 e. The molecule has 0 radical (unpaired) electrons. The maximum Gasteiger partial charge on any atom is 0.136 e. The van der Waals surface area contributed by atoms with Crippen molar-refractivity contribution in [1.82, 2.24) is 4.98 Å². The Hall–Kier alpha value is -1.65. The quantitative estimate of drug-likeness (QED) is 0.920. The third-order valence-corrected chi connectivity index (χ3v) is 4.83. The summed E-state index contributed by atoms with van der Waals surface area (Å²) in [7, 11) is 0. The number of fused-ring (bicyclic) bond motifs is 2. The van der Waals surface area contributed by atoms with Gasteiger partial charge in [0, 0.05) is 24.7 Å². The molecule has 21 heavy (non-hydrogen) atoms. The molecule has 1 aromatic heterocycles. The Kier molecular flexibility index (Phi) is 3.28. The van der Waals surface area contributed by atoms with Gasteiger partial charge in [-0.15, -0.1) is 0 Å². The minimum absolute atomic E-state index is 0.383. The molecule has 2 unspecified atom stereocenters. The molecule has 4 nitrogen and oxygen atoms in total. The molecule has 1 saturated heterocycles. The fourth-order valence-electron chi connectivity index (χ4n) is 3.82. The third-order valence-electron chi connectivity index (χ3n) is 4.83. The maximum atomic E-state index is 5.92. The fraction of sp³-hybridized carbons (Fsp3) is 0.471. The molecule has 1 aliphatic carbocycles. The highest BCUT2D eigenvalue weighted by Gasteiger charge is 2.37. The molecule has 2 N–H and O–H groups in total. The zero-order valence-electron chi connectivity index (χ0n) is 12.2. The Morgan fingerprint density at radius 2 is 2.10 bits per heavy atom. The number of rotatable bonds is 2. The average molecular weight is 283 g/mol. The van der Waals surface area contributed by atoms with Gasteiger partial charge in [0.05, 0.1) is 18.8 Å². The Morgan fingerprint density at radius 1 is 1.24 bits per heavy atom. The lowest BCUT2D eigenvalue weighted by molar-refractivity contribution is 0.0254. The van der Waals surface area contributed by atoms with Crippen LogP contribution in [0.25, 0.3) is 10.8 Å². The van der Waals surface area contributed by atoms with Gasteiger partial charge in [0.15, 0.2) is 0 Å². The zero-order chi connectivity index (χ0) is 14.2. The molecule has 4 heteroatoms. The molecule has 4 rings (SSSR count). The van der Waals surface area contributed by atoms with E-state index in [-0.39, 0.29) is 0 Å². The van der Waals surface area contributed by atoms with Crippen molar-refractivity contribution in [2.45, 2.75) is 38.0 Å². The number of morpholine rings is 1. The van der Waals surface area contributed by atoms with Crippen LogP contribution in [0, 0.1) is 0 Å². The molecule has 0 amide bonds. The van der Waals surface area contributed by atoms with E-state index in [1.807, 2.05) is 6.20 Å². The standard InChI is InChI=1S/C17H21N3O/c18-10-12-11-19-17(14-5-2-1-4-13(12)14)20-8-9-21-16-7-3-6-15(16)20/h1-2,4-5,11,15-16H,3,6-10,18H2. The van der Waals surface area contributed by atoms with Gasteiger partial charge in [0.1, 0.15) is 5.82 Å². The average Bonchev–Trinajstić information content (AvgIpc) is 3.02. The SMILES string of the molecule is NCc1cnc(N2CCOC3CCCC32)c2ccccc12. The van der Waals surface area contributed by atoms with Gasteiger partial charge in [-0.25, -0.2) is 4.98 Å². The first kappa shape index (κ1) is 13.0. The van der Waals surface area contributed by atoms with Gasteiger partial charge >= 0.3 is 0 Å². The van der Waals surface area contributed by atoms with E-state index in [0.29, 0.717) is 18.7 Å². The predicted octanol–water partition coefficient (Wildman–Crippen LogP) is 2.45. The molecule has 0 spiro atoms. The van der Waals surface area contributed by atoms with Gasteiger partial charge in [0.2, 0.25) is 0 Å². The van der Waals surface area contributed by atoms with E-state index >= 15 is 0 Å². The number of nitrogens with two attached hydrogens (primary N) is 1. The second-order valence-corrected chi connectivity index (χ2v) is 5.96. The monoisotopic (exact) mass is 283 g/mol. The van der Waals surface area contributed by atoms with Crippen LogP contribution in [0.1, 0.15) is 24.8 Å². The fourth-order valence-corrected chi connectivity index (χ4v) is 3.82. The summed E-state index contributed by atoms with van der Waals surface area (Å²) in [5, 5.41) is 2.44. The van der Waals surface area contributed by atoms with Gasteiger partial charge < -0.3 is 15.4 Å². The summed E-state index contributed by atoms with van der Waals surface area (Å²) in [5.41, 5.74) is 6.97. The number of ether oxygens (including phenoxy) is 1. The Balaban J connectivity index is 1.83. The van der Waals surface area contributed by atoms with Crippen molar-refractivity contribution < 1.29 is 4.74 Å². The molecular formula is C17H21N3O. The summed E-state index contributed by atoms with van der Waals surface area (Å²) in [5.74, 6) is 1.10.